The monoisotopic (exact) mass is 261 g/mol. The number of hydrogen-bond acceptors (Lipinski definition) is 5. The topological polar surface area (TPSA) is 56.8 Å². The predicted octanol–water partition coefficient (Wildman–Crippen LogP) is 1.56. The Bertz CT molecular complexity index is 203. The van der Waals surface area contributed by atoms with E-state index in [-0.39, 0.29) is 12.3 Å². The number of carbonyl (C=O) groups excluding carboxylic acids is 1. The van der Waals surface area contributed by atoms with Crippen molar-refractivity contribution >= 4 is 5.97 Å². The van der Waals surface area contributed by atoms with Crippen molar-refractivity contribution < 1.29 is 19.0 Å². The highest BCUT2D eigenvalue weighted by molar-refractivity contribution is 5.69. The number of hydrogen-bond donors (Lipinski definition) is 1. The summed E-state index contributed by atoms with van der Waals surface area (Å²) in [5.41, 5.74) is 0. The normalized spacial score (nSPS) is 11.2. The average Bonchev–Trinajstić information content (AvgIpc) is 2.32. The van der Waals surface area contributed by atoms with Gasteiger partial charge in [-0.1, -0.05) is 13.8 Å². The van der Waals surface area contributed by atoms with E-state index in [4.69, 9.17) is 14.2 Å². The second-order valence-electron chi connectivity index (χ2n) is 4.37. The van der Waals surface area contributed by atoms with Gasteiger partial charge >= 0.3 is 5.97 Å². The molecule has 0 fully saturated rings. The molecule has 5 nitrogen and oxygen atoms in total. The van der Waals surface area contributed by atoms with Gasteiger partial charge in [0.25, 0.3) is 0 Å². The SMILES string of the molecule is CCOC(CNCCC(=O)OCC(C)C)OCC. The summed E-state index contributed by atoms with van der Waals surface area (Å²) in [4.78, 5) is 11.3. The van der Waals surface area contributed by atoms with Gasteiger partial charge in [0, 0.05) is 26.3 Å². The first-order chi connectivity index (χ1) is 8.60. The minimum absolute atomic E-state index is 0.166. The molecule has 0 aromatic rings. The molecule has 0 saturated carbocycles. The molecule has 0 saturated heterocycles. The molecule has 18 heavy (non-hydrogen) atoms. The maximum Gasteiger partial charge on any atom is 0.307 e. The van der Waals surface area contributed by atoms with Crippen LogP contribution in [0, 0.1) is 5.92 Å². The third-order valence-electron chi connectivity index (χ3n) is 2.10. The Balaban J connectivity index is 3.54. The van der Waals surface area contributed by atoms with Gasteiger partial charge in [-0.25, -0.2) is 0 Å². The fourth-order valence-corrected chi connectivity index (χ4v) is 1.28. The van der Waals surface area contributed by atoms with Crippen LogP contribution < -0.4 is 5.32 Å². The van der Waals surface area contributed by atoms with E-state index in [2.05, 4.69) is 5.32 Å². The fourth-order valence-electron chi connectivity index (χ4n) is 1.28. The number of esters is 1. The van der Waals surface area contributed by atoms with E-state index in [0.717, 1.165) is 0 Å². The Morgan fingerprint density at radius 3 is 2.28 bits per heavy atom. The van der Waals surface area contributed by atoms with Crippen LogP contribution in [-0.2, 0) is 19.0 Å². The van der Waals surface area contributed by atoms with E-state index in [1.165, 1.54) is 0 Å². The average molecular weight is 261 g/mol. The van der Waals surface area contributed by atoms with E-state index >= 15 is 0 Å². The lowest BCUT2D eigenvalue weighted by Crippen LogP contribution is -2.33. The smallest absolute Gasteiger partial charge is 0.307 e. The third-order valence-corrected chi connectivity index (χ3v) is 2.10. The molecular formula is C13H27NO4. The van der Waals surface area contributed by atoms with E-state index in [9.17, 15) is 4.79 Å². The molecule has 0 heterocycles. The van der Waals surface area contributed by atoms with Gasteiger partial charge in [0.1, 0.15) is 0 Å². The van der Waals surface area contributed by atoms with Crippen LogP contribution in [0.15, 0.2) is 0 Å². The molecular weight excluding hydrogens is 234 g/mol. The standard InChI is InChI=1S/C13H27NO4/c1-5-16-13(17-6-2)9-14-8-7-12(15)18-10-11(3)4/h11,13-14H,5-10H2,1-4H3. The first kappa shape index (κ1) is 17.4. The number of nitrogens with one attached hydrogen (secondary N) is 1. The molecule has 0 radical (unpaired) electrons. The van der Waals surface area contributed by atoms with Gasteiger partial charge in [0.05, 0.1) is 13.0 Å². The summed E-state index contributed by atoms with van der Waals surface area (Å²) in [6.07, 6.45) is 0.129. The van der Waals surface area contributed by atoms with E-state index in [0.29, 0.717) is 45.2 Å². The quantitative estimate of drug-likeness (QED) is 0.347. The molecule has 0 aromatic heterocycles. The summed E-state index contributed by atoms with van der Waals surface area (Å²) < 4.78 is 15.8. The molecule has 0 amide bonds. The van der Waals surface area contributed by atoms with Gasteiger partial charge in [-0.3, -0.25) is 4.79 Å². The van der Waals surface area contributed by atoms with Crippen LogP contribution in [0.2, 0.25) is 0 Å². The van der Waals surface area contributed by atoms with Crippen LogP contribution in [-0.4, -0.2) is 45.2 Å². The number of rotatable bonds is 11. The van der Waals surface area contributed by atoms with Crippen molar-refractivity contribution in [1.29, 1.82) is 0 Å². The van der Waals surface area contributed by atoms with E-state index in [1.54, 1.807) is 0 Å². The molecule has 1 N–H and O–H groups in total. The van der Waals surface area contributed by atoms with Crippen molar-refractivity contribution in [2.45, 2.75) is 40.4 Å². The second-order valence-corrected chi connectivity index (χ2v) is 4.37. The minimum atomic E-state index is -0.244. The van der Waals surface area contributed by atoms with Crippen LogP contribution in [0.1, 0.15) is 34.1 Å². The van der Waals surface area contributed by atoms with Crippen molar-refractivity contribution in [3.05, 3.63) is 0 Å². The number of ether oxygens (including phenoxy) is 3. The fraction of sp³-hybridized carbons (Fsp3) is 0.923. The molecule has 0 unspecified atom stereocenters. The summed E-state index contributed by atoms with van der Waals surface area (Å²) in [5, 5.41) is 3.12. The lowest BCUT2D eigenvalue weighted by molar-refractivity contribution is -0.145. The molecule has 0 rings (SSSR count). The van der Waals surface area contributed by atoms with Crippen molar-refractivity contribution in [1.82, 2.24) is 5.32 Å². The Hall–Kier alpha value is -0.650. The van der Waals surface area contributed by atoms with Crippen LogP contribution in [0.3, 0.4) is 0 Å². The summed E-state index contributed by atoms with van der Waals surface area (Å²) in [7, 11) is 0. The summed E-state index contributed by atoms with van der Waals surface area (Å²) >= 11 is 0. The maximum atomic E-state index is 11.3. The number of carbonyl (C=O) groups is 1. The highest BCUT2D eigenvalue weighted by Gasteiger charge is 2.08. The summed E-state index contributed by atoms with van der Waals surface area (Å²) in [6, 6.07) is 0. The van der Waals surface area contributed by atoms with Crippen LogP contribution >= 0.6 is 0 Å². The zero-order valence-corrected chi connectivity index (χ0v) is 12.0. The van der Waals surface area contributed by atoms with Gasteiger partial charge < -0.3 is 19.5 Å². The molecule has 0 aliphatic heterocycles. The first-order valence-electron chi connectivity index (χ1n) is 6.69. The Labute approximate surface area is 110 Å². The van der Waals surface area contributed by atoms with Crippen LogP contribution in [0.4, 0.5) is 0 Å². The third kappa shape index (κ3) is 10.5. The van der Waals surface area contributed by atoms with Gasteiger partial charge in [0.15, 0.2) is 6.29 Å². The lowest BCUT2D eigenvalue weighted by Gasteiger charge is -2.17. The van der Waals surface area contributed by atoms with E-state index in [1.807, 2.05) is 27.7 Å². The molecule has 108 valence electrons. The molecule has 0 aromatic carbocycles. The highest BCUT2D eigenvalue weighted by atomic mass is 16.7. The van der Waals surface area contributed by atoms with Gasteiger partial charge in [-0.15, -0.1) is 0 Å². The zero-order chi connectivity index (χ0) is 13.8. The van der Waals surface area contributed by atoms with Crippen molar-refractivity contribution in [2.75, 3.05) is 32.9 Å². The molecule has 0 atom stereocenters. The molecule has 0 aliphatic rings. The van der Waals surface area contributed by atoms with Gasteiger partial charge in [0.2, 0.25) is 0 Å². The predicted molar refractivity (Wildman–Crippen MR) is 70.3 cm³/mol. The Morgan fingerprint density at radius 2 is 1.78 bits per heavy atom. The van der Waals surface area contributed by atoms with E-state index < -0.39 is 0 Å². The Kier molecular flexibility index (Phi) is 11.0. The zero-order valence-electron chi connectivity index (χ0n) is 12.0. The van der Waals surface area contributed by atoms with Gasteiger partial charge in [-0.2, -0.15) is 0 Å². The molecule has 0 bridgehead atoms. The molecule has 0 aliphatic carbocycles. The maximum absolute atomic E-state index is 11.3. The van der Waals surface area contributed by atoms with Crippen molar-refractivity contribution in [3.8, 4) is 0 Å². The highest BCUT2D eigenvalue weighted by Crippen LogP contribution is 1.96. The van der Waals surface area contributed by atoms with Crippen LogP contribution in [0.25, 0.3) is 0 Å². The van der Waals surface area contributed by atoms with Gasteiger partial charge in [-0.05, 0) is 19.8 Å². The first-order valence-corrected chi connectivity index (χ1v) is 6.69. The Morgan fingerprint density at radius 1 is 1.17 bits per heavy atom. The lowest BCUT2D eigenvalue weighted by atomic mass is 10.2. The minimum Gasteiger partial charge on any atom is -0.465 e. The van der Waals surface area contributed by atoms with Crippen molar-refractivity contribution in [2.24, 2.45) is 5.92 Å². The molecule has 0 spiro atoms. The molecule has 5 heteroatoms. The second kappa shape index (κ2) is 11.4. The van der Waals surface area contributed by atoms with Crippen LogP contribution in [0.5, 0.6) is 0 Å². The summed E-state index contributed by atoms with van der Waals surface area (Å²) in [5.74, 6) is 0.211. The largest absolute Gasteiger partial charge is 0.465 e. The summed E-state index contributed by atoms with van der Waals surface area (Å²) in [6.45, 7) is 10.8. The van der Waals surface area contributed by atoms with Crippen molar-refractivity contribution in [3.63, 3.8) is 0 Å².